The highest BCUT2D eigenvalue weighted by Crippen LogP contribution is 2.44. The summed E-state index contributed by atoms with van der Waals surface area (Å²) in [5.41, 5.74) is 1.46. The highest BCUT2D eigenvalue weighted by atomic mass is 32.2. The Kier molecular flexibility index (Phi) is 4.58. The third kappa shape index (κ3) is 3.07. The quantitative estimate of drug-likeness (QED) is 0.859. The molecule has 1 atom stereocenters. The Morgan fingerprint density at radius 2 is 2.04 bits per heavy atom. The average Bonchev–Trinajstić information content (AvgIpc) is 2.94. The van der Waals surface area contributed by atoms with Gasteiger partial charge in [0.05, 0.1) is 35.1 Å². The molecule has 0 aliphatic carbocycles. The molecule has 0 unspecified atom stereocenters. The first kappa shape index (κ1) is 15.9. The van der Waals surface area contributed by atoms with Crippen molar-refractivity contribution in [2.75, 3.05) is 13.7 Å². The summed E-state index contributed by atoms with van der Waals surface area (Å²) >= 11 is 2.48. The third-order valence-electron chi connectivity index (χ3n) is 3.48. The molecule has 7 heteroatoms. The van der Waals surface area contributed by atoms with E-state index < -0.39 is 0 Å². The Morgan fingerprint density at radius 1 is 1.30 bits per heavy atom. The number of aromatic amines is 1. The lowest BCUT2D eigenvalue weighted by Gasteiger charge is -2.23. The van der Waals surface area contributed by atoms with E-state index in [1.54, 1.807) is 19.4 Å². The van der Waals surface area contributed by atoms with E-state index in [-0.39, 0.29) is 16.8 Å². The van der Waals surface area contributed by atoms with Crippen molar-refractivity contribution in [2.45, 2.75) is 17.9 Å². The first-order chi connectivity index (χ1) is 11.1. The predicted octanol–water partition coefficient (Wildman–Crippen LogP) is 3.13. The van der Waals surface area contributed by atoms with Gasteiger partial charge in [-0.05, 0) is 30.0 Å². The van der Waals surface area contributed by atoms with E-state index >= 15 is 0 Å². The minimum absolute atomic E-state index is 0.125. The van der Waals surface area contributed by atoms with Gasteiger partial charge in [-0.25, -0.2) is 4.79 Å². The SMILES string of the molecule is CCOC(=O)C1=CSc2[nH]c(=O)sc2[C@@H]1c1ccc(OC)cc1. The Bertz CT molecular complexity index is 804. The Labute approximate surface area is 141 Å². The van der Waals surface area contributed by atoms with Gasteiger partial charge in [0.15, 0.2) is 0 Å². The molecular weight excluding hydrogens is 334 g/mol. The zero-order chi connectivity index (χ0) is 16.4. The number of carbonyl (C=O) groups excluding carboxylic acids is 1. The topological polar surface area (TPSA) is 68.4 Å². The fourth-order valence-corrected chi connectivity index (χ4v) is 4.52. The molecule has 0 saturated carbocycles. The summed E-state index contributed by atoms with van der Waals surface area (Å²) in [6, 6.07) is 7.49. The van der Waals surface area contributed by atoms with Crippen LogP contribution in [-0.2, 0) is 9.53 Å². The molecule has 1 aromatic carbocycles. The molecule has 0 radical (unpaired) electrons. The van der Waals surface area contributed by atoms with Gasteiger partial charge in [0.1, 0.15) is 5.75 Å². The van der Waals surface area contributed by atoms with Crippen LogP contribution in [0.5, 0.6) is 5.75 Å². The van der Waals surface area contributed by atoms with Crippen LogP contribution in [0.2, 0.25) is 0 Å². The van der Waals surface area contributed by atoms with Crippen molar-refractivity contribution in [2.24, 2.45) is 0 Å². The predicted molar refractivity (Wildman–Crippen MR) is 90.3 cm³/mol. The van der Waals surface area contributed by atoms with E-state index in [1.165, 1.54) is 11.8 Å². The largest absolute Gasteiger partial charge is 0.497 e. The number of ether oxygens (including phenoxy) is 2. The molecule has 5 nitrogen and oxygen atoms in total. The number of rotatable bonds is 4. The molecule has 0 fully saturated rings. The van der Waals surface area contributed by atoms with E-state index in [1.807, 2.05) is 24.3 Å². The van der Waals surface area contributed by atoms with E-state index in [2.05, 4.69) is 4.98 Å². The van der Waals surface area contributed by atoms with E-state index in [0.29, 0.717) is 12.2 Å². The molecule has 2 heterocycles. The highest BCUT2D eigenvalue weighted by Gasteiger charge is 2.33. The monoisotopic (exact) mass is 349 g/mol. The number of esters is 1. The van der Waals surface area contributed by atoms with E-state index in [0.717, 1.165) is 32.6 Å². The second-order valence-corrected chi connectivity index (χ2v) is 6.72. The van der Waals surface area contributed by atoms with Crippen molar-refractivity contribution >= 4 is 29.1 Å². The molecule has 0 amide bonds. The summed E-state index contributed by atoms with van der Waals surface area (Å²) < 4.78 is 10.3. The summed E-state index contributed by atoms with van der Waals surface area (Å²) in [4.78, 5) is 27.6. The number of benzene rings is 1. The zero-order valence-corrected chi connectivity index (χ0v) is 14.3. The summed E-state index contributed by atoms with van der Waals surface area (Å²) in [6.07, 6.45) is 0. The molecule has 1 aromatic heterocycles. The van der Waals surface area contributed by atoms with Crippen LogP contribution in [-0.4, -0.2) is 24.7 Å². The summed E-state index contributed by atoms with van der Waals surface area (Å²) in [5, 5.41) is 2.55. The fraction of sp³-hybridized carbons (Fsp3) is 0.250. The second kappa shape index (κ2) is 6.64. The molecule has 0 saturated heterocycles. The van der Waals surface area contributed by atoms with Crippen LogP contribution < -0.4 is 9.61 Å². The molecule has 2 aromatic rings. The van der Waals surface area contributed by atoms with Crippen LogP contribution in [0.3, 0.4) is 0 Å². The first-order valence-electron chi connectivity index (χ1n) is 7.04. The van der Waals surface area contributed by atoms with Gasteiger partial charge in [0.2, 0.25) is 0 Å². The number of thiazole rings is 1. The van der Waals surface area contributed by atoms with Gasteiger partial charge < -0.3 is 14.5 Å². The minimum Gasteiger partial charge on any atom is -0.497 e. The van der Waals surface area contributed by atoms with Gasteiger partial charge in [0.25, 0.3) is 0 Å². The van der Waals surface area contributed by atoms with Crippen LogP contribution >= 0.6 is 23.1 Å². The van der Waals surface area contributed by atoms with Crippen molar-refractivity contribution < 1.29 is 14.3 Å². The van der Waals surface area contributed by atoms with Crippen molar-refractivity contribution in [1.29, 1.82) is 0 Å². The van der Waals surface area contributed by atoms with Crippen LogP contribution in [0.25, 0.3) is 0 Å². The number of fused-ring (bicyclic) bond motifs is 1. The first-order valence-corrected chi connectivity index (χ1v) is 8.74. The van der Waals surface area contributed by atoms with Crippen LogP contribution in [0.4, 0.5) is 0 Å². The minimum atomic E-state index is -0.354. The fourth-order valence-electron chi connectivity index (χ4n) is 2.44. The zero-order valence-electron chi connectivity index (χ0n) is 12.6. The summed E-state index contributed by atoms with van der Waals surface area (Å²) in [6.45, 7) is 2.09. The maximum atomic E-state index is 12.3. The normalized spacial score (nSPS) is 16.4. The molecule has 1 aliphatic heterocycles. The van der Waals surface area contributed by atoms with Crippen molar-refractivity contribution in [3.63, 3.8) is 0 Å². The number of carbonyl (C=O) groups is 1. The van der Waals surface area contributed by atoms with E-state index in [9.17, 15) is 9.59 Å². The lowest BCUT2D eigenvalue weighted by Crippen LogP contribution is -2.17. The van der Waals surface area contributed by atoms with Gasteiger partial charge in [-0.15, -0.1) is 0 Å². The summed E-state index contributed by atoms with van der Waals surface area (Å²) in [7, 11) is 1.60. The van der Waals surface area contributed by atoms with E-state index in [4.69, 9.17) is 9.47 Å². The molecule has 0 bridgehead atoms. The van der Waals surface area contributed by atoms with Gasteiger partial charge in [-0.2, -0.15) is 0 Å². The van der Waals surface area contributed by atoms with Crippen molar-refractivity contribution in [3.05, 3.63) is 55.4 Å². The Morgan fingerprint density at radius 3 is 2.70 bits per heavy atom. The number of methoxy groups -OCH3 is 1. The molecule has 23 heavy (non-hydrogen) atoms. The molecule has 1 N–H and O–H groups in total. The number of nitrogens with one attached hydrogen (secondary N) is 1. The number of aromatic nitrogens is 1. The summed E-state index contributed by atoms with van der Waals surface area (Å²) in [5.74, 6) is 0.0792. The molecule has 3 rings (SSSR count). The molecular formula is C16H15NO4S2. The number of H-pyrrole nitrogens is 1. The Balaban J connectivity index is 2.07. The van der Waals surface area contributed by atoms with Crippen LogP contribution in [0.15, 0.2) is 45.1 Å². The number of thioether (sulfide) groups is 1. The molecule has 120 valence electrons. The maximum Gasteiger partial charge on any atom is 0.335 e. The number of hydrogen-bond donors (Lipinski definition) is 1. The van der Waals surface area contributed by atoms with Crippen LogP contribution in [0, 0.1) is 0 Å². The number of hydrogen-bond acceptors (Lipinski definition) is 6. The maximum absolute atomic E-state index is 12.3. The average molecular weight is 349 g/mol. The standard InChI is InChI=1S/C16H15NO4S2/c1-3-21-15(18)11-8-22-14-13(23-16(19)17-14)12(11)9-4-6-10(20-2)7-5-9/h4-8,12H,3H2,1-2H3,(H,17,19)/t12-/m1/s1. The van der Waals surface area contributed by atoms with Crippen molar-refractivity contribution in [1.82, 2.24) is 4.98 Å². The highest BCUT2D eigenvalue weighted by molar-refractivity contribution is 8.02. The lowest BCUT2D eigenvalue weighted by atomic mass is 9.90. The smallest absolute Gasteiger partial charge is 0.335 e. The van der Waals surface area contributed by atoms with Gasteiger partial charge in [0, 0.05) is 0 Å². The van der Waals surface area contributed by atoms with Crippen LogP contribution in [0.1, 0.15) is 23.3 Å². The van der Waals surface area contributed by atoms with Crippen molar-refractivity contribution in [3.8, 4) is 5.75 Å². The van der Waals surface area contributed by atoms with Gasteiger partial charge in [-0.1, -0.05) is 35.2 Å². The molecule has 1 aliphatic rings. The Hall–Kier alpha value is -1.99. The van der Waals surface area contributed by atoms with Gasteiger partial charge >= 0.3 is 10.8 Å². The van der Waals surface area contributed by atoms with Gasteiger partial charge in [-0.3, -0.25) is 4.79 Å². The third-order valence-corrected chi connectivity index (χ3v) is 5.49. The second-order valence-electron chi connectivity index (χ2n) is 4.83. The molecule has 0 spiro atoms. The lowest BCUT2D eigenvalue weighted by molar-refractivity contribution is -0.138.